The van der Waals surface area contributed by atoms with Crippen molar-refractivity contribution >= 4 is 152 Å². The highest BCUT2D eigenvalue weighted by Gasteiger charge is 2.26. The van der Waals surface area contributed by atoms with Gasteiger partial charge in [0.1, 0.15) is 44.7 Å². The molecule has 0 amide bonds. The van der Waals surface area contributed by atoms with Crippen molar-refractivity contribution in [3.8, 4) is 55.6 Å². The fraction of sp³-hybridized carbons (Fsp3) is 0.0909. The van der Waals surface area contributed by atoms with Gasteiger partial charge >= 0.3 is 0 Å². The average molecular weight is 1180 g/mol. The molecule has 0 spiro atoms. The molecular formula is C88H58O4. The Bertz CT molecular complexity index is 6540. The Morgan fingerprint density at radius 3 is 1.09 bits per heavy atom. The smallest absolute Gasteiger partial charge is 0.143 e. The summed E-state index contributed by atoms with van der Waals surface area (Å²) in [5.74, 6) is 0. The van der Waals surface area contributed by atoms with Crippen LogP contribution in [-0.4, -0.2) is 0 Å². The van der Waals surface area contributed by atoms with Crippen LogP contribution in [0.2, 0.25) is 0 Å². The second-order valence-electron chi connectivity index (χ2n) is 27.8. The fourth-order valence-electron chi connectivity index (χ4n) is 15.8. The molecule has 0 unspecified atom stereocenters. The molecule has 0 fully saturated rings. The molecule has 434 valence electrons. The van der Waals surface area contributed by atoms with E-state index in [1.807, 2.05) is 6.07 Å². The number of hydrogen-bond donors (Lipinski definition) is 0. The van der Waals surface area contributed by atoms with Crippen LogP contribution in [0.25, 0.3) is 208 Å². The standard InChI is InChI=1S/C88H58O4/c1-87(2,3)55-37-51-24-32-63-70(49-22-29-60-58-13-7-9-19-75(58)89-78(60)43-49)45-71(64-33-25-52(38-55)81(51)83(63)64)50-23-30-61-68-16-11-15-57(85(68)92-80(61)44-50)48-21-31-62-74-41-47(28-36-77(74)90-79(62)42-48)72-46-73(69-18-12-17-67-59-14-8-10-20-76(59)91-86(67)69)66-35-27-54-40-56(88(4,5)6)39-53-26-34-65(72)84(66)82(53)54/h7-46H,1-6H3. The third kappa shape index (κ3) is 7.35. The average Bonchev–Trinajstić information content (AvgIpc) is 0.796. The summed E-state index contributed by atoms with van der Waals surface area (Å²) in [6.07, 6.45) is 0. The second-order valence-corrected chi connectivity index (χ2v) is 27.8. The normalized spacial score (nSPS) is 12.9. The van der Waals surface area contributed by atoms with E-state index >= 15 is 0 Å². The molecule has 4 heterocycles. The van der Waals surface area contributed by atoms with E-state index in [-0.39, 0.29) is 10.8 Å². The zero-order valence-electron chi connectivity index (χ0n) is 51.7. The summed E-state index contributed by atoms with van der Waals surface area (Å²) in [7, 11) is 0. The first-order valence-corrected chi connectivity index (χ1v) is 32.1. The van der Waals surface area contributed by atoms with Gasteiger partial charge < -0.3 is 17.7 Å². The van der Waals surface area contributed by atoms with E-state index < -0.39 is 0 Å². The molecule has 0 atom stereocenters. The van der Waals surface area contributed by atoms with Gasteiger partial charge in [0.2, 0.25) is 0 Å². The highest BCUT2D eigenvalue weighted by molar-refractivity contribution is 6.31. The maximum absolute atomic E-state index is 7.13. The second kappa shape index (κ2) is 18.2. The minimum absolute atomic E-state index is 0.00162. The Morgan fingerprint density at radius 2 is 0.554 bits per heavy atom. The van der Waals surface area contributed by atoms with E-state index in [9.17, 15) is 0 Å². The highest BCUT2D eigenvalue weighted by Crippen LogP contribution is 2.51. The molecule has 4 nitrogen and oxygen atoms in total. The molecule has 92 heavy (non-hydrogen) atoms. The summed E-state index contributed by atoms with van der Waals surface area (Å²) in [5.41, 5.74) is 20.7. The molecule has 0 aliphatic rings. The van der Waals surface area contributed by atoms with Crippen LogP contribution in [0.5, 0.6) is 0 Å². The minimum atomic E-state index is 0.00162. The van der Waals surface area contributed by atoms with Gasteiger partial charge in [-0.25, -0.2) is 0 Å². The lowest BCUT2D eigenvalue weighted by atomic mass is 9.81. The van der Waals surface area contributed by atoms with Crippen molar-refractivity contribution in [2.75, 3.05) is 0 Å². The van der Waals surface area contributed by atoms with Gasteiger partial charge in [-0.3, -0.25) is 0 Å². The molecular weight excluding hydrogens is 1120 g/mol. The van der Waals surface area contributed by atoms with E-state index in [1.54, 1.807) is 0 Å². The maximum atomic E-state index is 7.13. The van der Waals surface area contributed by atoms with Crippen molar-refractivity contribution in [2.24, 2.45) is 0 Å². The molecule has 0 aliphatic carbocycles. The van der Waals surface area contributed by atoms with Crippen molar-refractivity contribution in [2.45, 2.75) is 52.4 Å². The van der Waals surface area contributed by atoms with Gasteiger partial charge in [-0.1, -0.05) is 211 Å². The number of rotatable bonds is 5. The third-order valence-corrected chi connectivity index (χ3v) is 20.5. The SMILES string of the molecule is CC(C)(C)c1cc2ccc3c(-c4ccc5c(c4)oc4ccccc45)cc(-c4ccc5c(c4)oc4c(-c6ccc7c(c6)oc6ccc(-c8cc(-c9cccc%10c9oc9ccccc9%10)c9ccc%10cc(C(C)(C)C)cc%11ccc8c9c%11%10)cc67)cccc45)c4ccc(c1)c2c34. The number of fused-ring (bicyclic) bond motifs is 12. The predicted molar refractivity (Wildman–Crippen MR) is 388 cm³/mol. The molecule has 0 saturated heterocycles. The summed E-state index contributed by atoms with van der Waals surface area (Å²) in [4.78, 5) is 0. The van der Waals surface area contributed by atoms with Crippen LogP contribution in [-0.2, 0) is 10.8 Å². The van der Waals surface area contributed by atoms with E-state index in [0.717, 1.165) is 143 Å². The number of benzene rings is 16. The Morgan fingerprint density at radius 1 is 0.207 bits per heavy atom. The lowest BCUT2D eigenvalue weighted by Gasteiger charge is -2.23. The van der Waals surface area contributed by atoms with Crippen LogP contribution in [0.15, 0.2) is 260 Å². The Labute approximate surface area is 528 Å². The number of hydrogen-bond acceptors (Lipinski definition) is 4. The van der Waals surface area contributed by atoms with Gasteiger partial charge in [0.15, 0.2) is 0 Å². The van der Waals surface area contributed by atoms with Crippen LogP contribution < -0.4 is 0 Å². The van der Waals surface area contributed by atoms with E-state index in [1.165, 1.54) is 75.8 Å². The monoisotopic (exact) mass is 1180 g/mol. The lowest BCUT2D eigenvalue weighted by molar-refractivity contribution is 0.591. The fourth-order valence-corrected chi connectivity index (χ4v) is 15.8. The first-order chi connectivity index (χ1) is 44.8. The van der Waals surface area contributed by atoms with Gasteiger partial charge in [0.25, 0.3) is 0 Å². The largest absolute Gasteiger partial charge is 0.456 e. The Kier molecular flexibility index (Phi) is 10.2. The zero-order chi connectivity index (χ0) is 61.2. The van der Waals surface area contributed by atoms with Gasteiger partial charge in [0.05, 0.1) is 0 Å². The Hall–Kier alpha value is -11.2. The summed E-state index contributed by atoms with van der Waals surface area (Å²) < 4.78 is 27.3. The summed E-state index contributed by atoms with van der Waals surface area (Å²) in [6.45, 7) is 13.8. The molecule has 0 radical (unpaired) electrons. The molecule has 0 bridgehead atoms. The first kappa shape index (κ1) is 51.7. The van der Waals surface area contributed by atoms with Crippen LogP contribution in [0.1, 0.15) is 52.7 Å². The molecule has 0 N–H and O–H groups in total. The lowest BCUT2D eigenvalue weighted by Crippen LogP contribution is -2.10. The van der Waals surface area contributed by atoms with Crippen LogP contribution in [0.4, 0.5) is 0 Å². The summed E-state index contributed by atoms with van der Waals surface area (Å²) in [5, 5.41) is 23.8. The molecule has 0 saturated carbocycles. The topological polar surface area (TPSA) is 52.6 Å². The number of furan rings is 4. The molecule has 20 rings (SSSR count). The highest BCUT2D eigenvalue weighted by atomic mass is 16.3. The quantitative estimate of drug-likeness (QED) is 0.161. The van der Waals surface area contributed by atoms with Gasteiger partial charge in [-0.2, -0.15) is 0 Å². The van der Waals surface area contributed by atoms with Crippen molar-refractivity contribution in [3.05, 3.63) is 254 Å². The van der Waals surface area contributed by atoms with E-state index in [0.29, 0.717) is 0 Å². The number of para-hydroxylation sites is 4. The summed E-state index contributed by atoms with van der Waals surface area (Å²) >= 11 is 0. The van der Waals surface area contributed by atoms with Crippen molar-refractivity contribution < 1.29 is 17.7 Å². The third-order valence-electron chi connectivity index (χ3n) is 20.5. The van der Waals surface area contributed by atoms with Crippen molar-refractivity contribution in [1.82, 2.24) is 0 Å². The molecule has 4 heteroatoms. The van der Waals surface area contributed by atoms with Crippen molar-refractivity contribution in [1.29, 1.82) is 0 Å². The van der Waals surface area contributed by atoms with E-state index in [4.69, 9.17) is 17.7 Å². The maximum Gasteiger partial charge on any atom is 0.143 e. The van der Waals surface area contributed by atoms with Gasteiger partial charge in [0, 0.05) is 54.2 Å². The molecule has 0 aliphatic heterocycles. The van der Waals surface area contributed by atoms with E-state index in [2.05, 4.69) is 278 Å². The minimum Gasteiger partial charge on any atom is -0.456 e. The first-order valence-electron chi connectivity index (χ1n) is 32.1. The van der Waals surface area contributed by atoms with Crippen LogP contribution in [0.3, 0.4) is 0 Å². The zero-order valence-corrected chi connectivity index (χ0v) is 51.7. The molecule has 4 aromatic heterocycles. The summed E-state index contributed by atoms with van der Waals surface area (Å²) in [6, 6.07) is 89.7. The molecule has 16 aromatic carbocycles. The van der Waals surface area contributed by atoms with Gasteiger partial charge in [-0.15, -0.1) is 0 Å². The van der Waals surface area contributed by atoms with Crippen LogP contribution in [0, 0.1) is 0 Å². The van der Waals surface area contributed by atoms with Crippen LogP contribution >= 0.6 is 0 Å². The molecule has 20 aromatic rings. The van der Waals surface area contributed by atoms with Gasteiger partial charge in [-0.05, 0) is 204 Å². The van der Waals surface area contributed by atoms with Crippen molar-refractivity contribution in [3.63, 3.8) is 0 Å². The predicted octanol–water partition coefficient (Wildman–Crippen LogP) is 26.0. The Balaban J connectivity index is 0.723.